The average Bonchev–Trinajstić information content (AvgIpc) is 3.08. The zero-order valence-corrected chi connectivity index (χ0v) is 15.5. The maximum Gasteiger partial charge on any atom is 0.326 e. The molecule has 1 aromatic carbocycles. The Bertz CT molecular complexity index is 750. The van der Waals surface area contributed by atoms with Crippen molar-refractivity contribution < 1.29 is 29.0 Å². The smallest absolute Gasteiger partial charge is 0.326 e. The Kier molecular flexibility index (Phi) is 5.53. The van der Waals surface area contributed by atoms with Crippen LogP contribution in [0.1, 0.15) is 25.7 Å². The Morgan fingerprint density at radius 1 is 1.15 bits per heavy atom. The molecule has 0 saturated carbocycles. The summed E-state index contributed by atoms with van der Waals surface area (Å²) in [7, 11) is 3.05. The molecule has 8 nitrogen and oxygen atoms in total. The monoisotopic (exact) mass is 376 g/mol. The van der Waals surface area contributed by atoms with Gasteiger partial charge in [-0.15, -0.1) is 0 Å². The number of carbonyl (C=O) groups is 3. The van der Waals surface area contributed by atoms with Crippen molar-refractivity contribution in [3.8, 4) is 11.5 Å². The SMILES string of the molecule is COc1ccc(N2C[C@H](C(=O)N3CCCC[C@@H]3C(=O)O)CC2=O)cc1OC. The third-order valence-corrected chi connectivity index (χ3v) is 5.22. The molecule has 2 aliphatic rings. The first-order valence-electron chi connectivity index (χ1n) is 9.02. The summed E-state index contributed by atoms with van der Waals surface area (Å²) >= 11 is 0. The standard InChI is InChI=1S/C19H24N2O6/c1-26-15-7-6-13(10-16(15)27-2)21-11-12(9-17(21)22)18(23)20-8-4-3-5-14(20)19(24)25/h6-7,10,12,14H,3-5,8-9,11H2,1-2H3,(H,24,25)/t12-,14-/m1/s1. The fourth-order valence-corrected chi connectivity index (χ4v) is 3.80. The van der Waals surface area contributed by atoms with E-state index in [0.29, 0.717) is 30.2 Å². The topological polar surface area (TPSA) is 96.4 Å². The predicted molar refractivity (Wildman–Crippen MR) is 97.0 cm³/mol. The number of hydrogen-bond acceptors (Lipinski definition) is 5. The van der Waals surface area contributed by atoms with E-state index in [1.165, 1.54) is 19.1 Å². The molecule has 2 amide bonds. The number of carbonyl (C=O) groups excluding carboxylic acids is 2. The number of likely N-dealkylation sites (tertiary alicyclic amines) is 1. The van der Waals surface area contributed by atoms with Crippen molar-refractivity contribution >= 4 is 23.5 Å². The van der Waals surface area contributed by atoms with E-state index in [9.17, 15) is 19.5 Å². The molecule has 0 unspecified atom stereocenters. The summed E-state index contributed by atoms with van der Waals surface area (Å²) in [6.45, 7) is 0.660. The molecular weight excluding hydrogens is 352 g/mol. The number of ether oxygens (including phenoxy) is 2. The Morgan fingerprint density at radius 2 is 1.89 bits per heavy atom. The third kappa shape index (κ3) is 3.70. The van der Waals surface area contributed by atoms with E-state index < -0.39 is 17.9 Å². The lowest BCUT2D eigenvalue weighted by molar-refractivity contribution is -0.153. The van der Waals surface area contributed by atoms with Gasteiger partial charge in [0.15, 0.2) is 11.5 Å². The van der Waals surface area contributed by atoms with Crippen molar-refractivity contribution in [3.05, 3.63) is 18.2 Å². The molecule has 0 bridgehead atoms. The van der Waals surface area contributed by atoms with Gasteiger partial charge in [0.1, 0.15) is 6.04 Å². The van der Waals surface area contributed by atoms with Gasteiger partial charge < -0.3 is 24.4 Å². The van der Waals surface area contributed by atoms with Crippen LogP contribution in [0.25, 0.3) is 0 Å². The summed E-state index contributed by atoms with van der Waals surface area (Å²) in [5.74, 6) is -0.879. The molecule has 2 saturated heterocycles. The summed E-state index contributed by atoms with van der Waals surface area (Å²) in [5.41, 5.74) is 0.626. The molecule has 2 aliphatic heterocycles. The second-order valence-corrected chi connectivity index (χ2v) is 6.83. The van der Waals surface area contributed by atoms with E-state index >= 15 is 0 Å². The summed E-state index contributed by atoms with van der Waals surface area (Å²) in [4.78, 5) is 39.9. The highest BCUT2D eigenvalue weighted by Crippen LogP contribution is 2.34. The number of piperidine rings is 1. The minimum absolute atomic E-state index is 0.0794. The number of nitrogens with zero attached hydrogens (tertiary/aromatic N) is 2. The van der Waals surface area contributed by atoms with E-state index in [4.69, 9.17) is 9.47 Å². The Morgan fingerprint density at radius 3 is 2.56 bits per heavy atom. The average molecular weight is 376 g/mol. The molecule has 3 rings (SSSR count). The second-order valence-electron chi connectivity index (χ2n) is 6.83. The normalized spacial score (nSPS) is 22.7. The van der Waals surface area contributed by atoms with Crippen LogP contribution in [-0.4, -0.2) is 61.1 Å². The number of carboxylic acid groups (broad SMARTS) is 1. The Balaban J connectivity index is 1.77. The van der Waals surface area contributed by atoms with Crippen LogP contribution in [0.2, 0.25) is 0 Å². The molecule has 1 N–H and O–H groups in total. The zero-order chi connectivity index (χ0) is 19.6. The molecule has 2 heterocycles. The quantitative estimate of drug-likeness (QED) is 0.837. The lowest BCUT2D eigenvalue weighted by atomic mass is 9.98. The van der Waals surface area contributed by atoms with Gasteiger partial charge in [0.25, 0.3) is 0 Å². The Labute approximate surface area is 157 Å². The first kappa shape index (κ1) is 19.0. The largest absolute Gasteiger partial charge is 0.493 e. The second kappa shape index (κ2) is 7.85. The summed E-state index contributed by atoms with van der Waals surface area (Å²) in [6, 6.07) is 4.36. The molecule has 0 spiro atoms. The molecule has 1 aromatic rings. The highest BCUT2D eigenvalue weighted by atomic mass is 16.5. The molecule has 0 aliphatic carbocycles. The number of benzene rings is 1. The van der Waals surface area contributed by atoms with Crippen LogP contribution in [0, 0.1) is 5.92 Å². The number of aliphatic carboxylic acids is 1. The van der Waals surface area contributed by atoms with Crippen molar-refractivity contribution in [2.24, 2.45) is 5.92 Å². The fraction of sp³-hybridized carbons (Fsp3) is 0.526. The number of hydrogen-bond donors (Lipinski definition) is 1. The van der Waals surface area contributed by atoms with Gasteiger partial charge >= 0.3 is 5.97 Å². The van der Waals surface area contributed by atoms with Crippen molar-refractivity contribution in [2.75, 3.05) is 32.2 Å². The molecule has 2 fully saturated rings. The van der Waals surface area contributed by atoms with Gasteiger partial charge in [0.2, 0.25) is 11.8 Å². The molecule has 27 heavy (non-hydrogen) atoms. The van der Waals surface area contributed by atoms with E-state index in [0.717, 1.165) is 12.8 Å². The molecule has 2 atom stereocenters. The molecule has 8 heteroatoms. The number of amides is 2. The van der Waals surface area contributed by atoms with Gasteiger partial charge in [0.05, 0.1) is 20.1 Å². The van der Waals surface area contributed by atoms with Crippen LogP contribution in [0.3, 0.4) is 0 Å². The maximum absolute atomic E-state index is 12.9. The van der Waals surface area contributed by atoms with Gasteiger partial charge in [-0.25, -0.2) is 4.79 Å². The number of carboxylic acids is 1. The van der Waals surface area contributed by atoms with Crippen molar-refractivity contribution in [3.63, 3.8) is 0 Å². The third-order valence-electron chi connectivity index (χ3n) is 5.22. The van der Waals surface area contributed by atoms with E-state index in [2.05, 4.69) is 0 Å². The highest BCUT2D eigenvalue weighted by molar-refractivity contribution is 6.01. The molecule has 0 radical (unpaired) electrons. The minimum Gasteiger partial charge on any atom is -0.493 e. The summed E-state index contributed by atoms with van der Waals surface area (Å²) in [6.07, 6.45) is 2.12. The van der Waals surface area contributed by atoms with E-state index in [1.54, 1.807) is 23.1 Å². The van der Waals surface area contributed by atoms with Crippen molar-refractivity contribution in [1.29, 1.82) is 0 Å². The minimum atomic E-state index is -0.982. The van der Waals surface area contributed by atoms with Gasteiger partial charge in [-0.1, -0.05) is 0 Å². The number of methoxy groups -OCH3 is 2. The summed E-state index contributed by atoms with van der Waals surface area (Å²) < 4.78 is 10.5. The van der Waals surface area contributed by atoms with E-state index in [-0.39, 0.29) is 24.8 Å². The number of rotatable bonds is 5. The van der Waals surface area contributed by atoms with Crippen LogP contribution in [-0.2, 0) is 14.4 Å². The molecule has 0 aromatic heterocycles. The summed E-state index contributed by atoms with van der Waals surface area (Å²) in [5, 5.41) is 9.39. The van der Waals surface area contributed by atoms with Crippen molar-refractivity contribution in [2.45, 2.75) is 31.7 Å². The van der Waals surface area contributed by atoms with Gasteiger partial charge in [0, 0.05) is 31.3 Å². The van der Waals surface area contributed by atoms with Crippen LogP contribution in [0.4, 0.5) is 5.69 Å². The lowest BCUT2D eigenvalue weighted by Gasteiger charge is -2.34. The Hall–Kier alpha value is -2.77. The fourth-order valence-electron chi connectivity index (χ4n) is 3.80. The molecule has 146 valence electrons. The van der Waals surface area contributed by atoms with Gasteiger partial charge in [-0.3, -0.25) is 9.59 Å². The van der Waals surface area contributed by atoms with Gasteiger partial charge in [-0.2, -0.15) is 0 Å². The predicted octanol–water partition coefficient (Wildman–Crippen LogP) is 1.52. The van der Waals surface area contributed by atoms with Crippen LogP contribution >= 0.6 is 0 Å². The van der Waals surface area contributed by atoms with Gasteiger partial charge in [-0.05, 0) is 31.4 Å². The molecular formula is C19H24N2O6. The van der Waals surface area contributed by atoms with E-state index in [1.807, 2.05) is 0 Å². The first-order valence-corrected chi connectivity index (χ1v) is 9.02. The number of anilines is 1. The van der Waals surface area contributed by atoms with Crippen molar-refractivity contribution in [1.82, 2.24) is 4.90 Å². The zero-order valence-electron chi connectivity index (χ0n) is 15.5. The van der Waals surface area contributed by atoms with Crippen LogP contribution in [0.15, 0.2) is 18.2 Å². The maximum atomic E-state index is 12.9. The van der Waals surface area contributed by atoms with Crippen LogP contribution in [0.5, 0.6) is 11.5 Å². The lowest BCUT2D eigenvalue weighted by Crippen LogP contribution is -2.50. The highest BCUT2D eigenvalue weighted by Gasteiger charge is 2.41. The first-order chi connectivity index (χ1) is 13.0. The van der Waals surface area contributed by atoms with Crippen LogP contribution < -0.4 is 14.4 Å².